The minimum Gasteiger partial charge on any atom is -0.481 e. The summed E-state index contributed by atoms with van der Waals surface area (Å²) < 4.78 is 0. The van der Waals surface area contributed by atoms with Crippen molar-refractivity contribution in [1.82, 2.24) is 0 Å². The predicted octanol–water partition coefficient (Wildman–Crippen LogP) is 6.08. The van der Waals surface area contributed by atoms with E-state index in [0.717, 1.165) is 42.9 Å². The predicted molar refractivity (Wildman–Crippen MR) is 126 cm³/mol. The molecule has 1 N–H and O–H groups in total. The summed E-state index contributed by atoms with van der Waals surface area (Å²) in [6.45, 7) is 2.06. The molecule has 156 valence electrons. The smallest absolute Gasteiger partial charge is 0.313 e. The summed E-state index contributed by atoms with van der Waals surface area (Å²) in [5, 5.41) is 10.6. The molecule has 5 nitrogen and oxygen atoms in total. The van der Waals surface area contributed by atoms with E-state index in [2.05, 4.69) is 36.1 Å². The van der Waals surface area contributed by atoms with Gasteiger partial charge in [0.2, 0.25) is 0 Å². The number of hydrogen-bond acceptors (Lipinski definition) is 4. The van der Waals surface area contributed by atoms with Gasteiger partial charge in [-0.1, -0.05) is 60.3 Å². The van der Waals surface area contributed by atoms with Crippen LogP contribution in [0, 0.1) is 6.92 Å². The number of benzene rings is 2. The van der Waals surface area contributed by atoms with Gasteiger partial charge in [-0.2, -0.15) is 0 Å². The highest BCUT2D eigenvalue weighted by molar-refractivity contribution is 8.14. The second-order valence-electron chi connectivity index (χ2n) is 7.75. The fourth-order valence-electron chi connectivity index (χ4n) is 4.15. The van der Waals surface area contributed by atoms with Crippen LogP contribution in [0.15, 0.2) is 58.5 Å². The van der Waals surface area contributed by atoms with Crippen molar-refractivity contribution >= 4 is 51.7 Å². The summed E-state index contributed by atoms with van der Waals surface area (Å²) in [4.78, 5) is 23.3. The van der Waals surface area contributed by atoms with Gasteiger partial charge in [0, 0.05) is 10.7 Å². The molecule has 1 heterocycles. The van der Waals surface area contributed by atoms with Crippen LogP contribution in [0.3, 0.4) is 0 Å². The molecule has 1 aliphatic carbocycles. The number of aryl methyl sites for hydroxylation is 1. The highest BCUT2D eigenvalue weighted by Crippen LogP contribution is 2.44. The Morgan fingerprint density at radius 1 is 1.13 bits per heavy atom. The molecule has 1 saturated carbocycles. The lowest BCUT2D eigenvalue weighted by atomic mass is 9.79. The lowest BCUT2D eigenvalue weighted by molar-refractivity contribution is -0.133. The second-order valence-corrected chi connectivity index (χ2v) is 9.13. The van der Waals surface area contributed by atoms with Crippen LogP contribution in [-0.2, 0) is 4.79 Å². The Morgan fingerprint density at radius 2 is 1.80 bits per heavy atom. The molecule has 0 unspecified atom stereocenters. The van der Waals surface area contributed by atoms with Gasteiger partial charge in [0.05, 0.1) is 11.4 Å². The maximum atomic E-state index is 11.3. The van der Waals surface area contributed by atoms with E-state index in [1.807, 2.05) is 24.3 Å². The molecule has 30 heavy (non-hydrogen) atoms. The quantitative estimate of drug-likeness (QED) is 0.624. The number of halogens is 1. The van der Waals surface area contributed by atoms with Gasteiger partial charge >= 0.3 is 5.97 Å². The number of anilines is 1. The molecule has 1 spiro atoms. The Hall–Kier alpha value is -2.31. The minimum atomic E-state index is -0.854. The highest BCUT2D eigenvalue weighted by atomic mass is 35.5. The van der Waals surface area contributed by atoms with Crippen molar-refractivity contribution in [2.75, 3.05) is 10.7 Å². The number of carbonyl (C=O) groups is 1. The maximum Gasteiger partial charge on any atom is 0.313 e. The molecule has 0 bridgehead atoms. The summed E-state index contributed by atoms with van der Waals surface area (Å²) in [6, 6.07) is 15.8. The Labute approximate surface area is 185 Å². The van der Waals surface area contributed by atoms with Crippen molar-refractivity contribution in [2.24, 2.45) is 9.98 Å². The fraction of sp³-hybridized carbons (Fsp3) is 0.348. The monoisotopic (exact) mass is 441 g/mol. The first-order valence-electron chi connectivity index (χ1n) is 10.1. The standard InChI is InChI=1S/C23H24ClN3O2S/c1-16-5-11-19(12-6-16)27-22(30-15-20(28)29)26-21(23(27)13-3-2-4-14-23)25-18-9-7-17(24)8-10-18/h5-12H,2-4,13-15H2,1H3,(H,28,29). The molecule has 2 aromatic rings. The van der Waals surface area contributed by atoms with Crippen LogP contribution < -0.4 is 4.90 Å². The molecule has 1 aliphatic heterocycles. The largest absolute Gasteiger partial charge is 0.481 e. The van der Waals surface area contributed by atoms with Gasteiger partial charge in [-0.25, -0.2) is 9.98 Å². The molecular weight excluding hydrogens is 418 g/mol. The third-order valence-electron chi connectivity index (χ3n) is 5.60. The molecule has 4 rings (SSSR count). The molecule has 2 aliphatic rings. The zero-order valence-electron chi connectivity index (χ0n) is 16.8. The minimum absolute atomic E-state index is 0.0362. The van der Waals surface area contributed by atoms with Crippen LogP contribution in [0.2, 0.25) is 5.02 Å². The van der Waals surface area contributed by atoms with Crippen LogP contribution >= 0.6 is 23.4 Å². The van der Waals surface area contributed by atoms with Gasteiger partial charge in [0.1, 0.15) is 5.54 Å². The van der Waals surface area contributed by atoms with Gasteiger partial charge in [-0.05, 0) is 56.2 Å². The molecule has 7 heteroatoms. The summed E-state index contributed by atoms with van der Waals surface area (Å²) in [5.74, 6) is -0.129. The van der Waals surface area contributed by atoms with Gasteiger partial charge in [0.15, 0.2) is 11.0 Å². The Kier molecular flexibility index (Phi) is 6.16. The molecule has 0 aromatic heterocycles. The highest BCUT2D eigenvalue weighted by Gasteiger charge is 2.49. The molecule has 1 fully saturated rings. The molecule has 0 amide bonds. The first kappa shape index (κ1) is 20.9. The molecule has 0 atom stereocenters. The van der Waals surface area contributed by atoms with Crippen molar-refractivity contribution in [3.05, 3.63) is 59.1 Å². The van der Waals surface area contributed by atoms with Crippen molar-refractivity contribution in [1.29, 1.82) is 0 Å². The van der Waals surface area contributed by atoms with E-state index in [4.69, 9.17) is 21.6 Å². The van der Waals surface area contributed by atoms with E-state index in [1.165, 1.54) is 23.7 Å². The van der Waals surface area contributed by atoms with Crippen LogP contribution in [0.5, 0.6) is 0 Å². The van der Waals surface area contributed by atoms with E-state index in [-0.39, 0.29) is 11.3 Å². The van der Waals surface area contributed by atoms with E-state index in [0.29, 0.717) is 10.2 Å². The number of amidine groups is 2. The van der Waals surface area contributed by atoms with Gasteiger partial charge in [-0.3, -0.25) is 4.79 Å². The summed E-state index contributed by atoms with van der Waals surface area (Å²) >= 11 is 7.30. The van der Waals surface area contributed by atoms with Crippen molar-refractivity contribution in [3.63, 3.8) is 0 Å². The van der Waals surface area contributed by atoms with E-state index in [1.54, 1.807) is 0 Å². The van der Waals surface area contributed by atoms with E-state index < -0.39 is 5.97 Å². The number of hydrogen-bond donors (Lipinski definition) is 1. The first-order chi connectivity index (χ1) is 14.5. The number of aliphatic imine (C=N–C) groups is 2. The molecular formula is C23H24ClN3O2S. The average molecular weight is 442 g/mol. The van der Waals surface area contributed by atoms with Crippen LogP contribution in [-0.4, -0.2) is 33.4 Å². The third-order valence-corrected chi connectivity index (χ3v) is 6.77. The number of carboxylic acid groups (broad SMARTS) is 1. The van der Waals surface area contributed by atoms with Crippen LogP contribution in [0.25, 0.3) is 0 Å². The van der Waals surface area contributed by atoms with Crippen molar-refractivity contribution in [3.8, 4) is 0 Å². The molecule has 0 saturated heterocycles. The summed E-state index contributed by atoms with van der Waals surface area (Å²) in [7, 11) is 0. The van der Waals surface area contributed by atoms with Crippen LogP contribution in [0.4, 0.5) is 11.4 Å². The number of nitrogens with zero attached hydrogens (tertiary/aromatic N) is 3. The molecule has 2 aromatic carbocycles. The zero-order chi connectivity index (χ0) is 21.1. The summed E-state index contributed by atoms with van der Waals surface area (Å²) in [5.41, 5.74) is 2.66. The van der Waals surface area contributed by atoms with E-state index in [9.17, 15) is 9.90 Å². The van der Waals surface area contributed by atoms with Gasteiger partial charge in [0.25, 0.3) is 0 Å². The van der Waals surface area contributed by atoms with Gasteiger partial charge in [-0.15, -0.1) is 0 Å². The Balaban J connectivity index is 1.82. The fourth-order valence-corrected chi connectivity index (χ4v) is 5.09. The zero-order valence-corrected chi connectivity index (χ0v) is 18.4. The second kappa shape index (κ2) is 8.82. The lowest BCUT2D eigenvalue weighted by Crippen LogP contribution is -2.52. The maximum absolute atomic E-state index is 11.3. The average Bonchev–Trinajstić information content (AvgIpc) is 3.02. The number of rotatable bonds is 4. The van der Waals surface area contributed by atoms with Crippen molar-refractivity contribution in [2.45, 2.75) is 44.6 Å². The number of carboxylic acids is 1. The van der Waals surface area contributed by atoms with Crippen LogP contribution in [0.1, 0.15) is 37.7 Å². The number of aliphatic carboxylic acids is 1. The summed E-state index contributed by atoms with van der Waals surface area (Å²) in [6.07, 6.45) is 5.25. The molecule has 0 radical (unpaired) electrons. The lowest BCUT2D eigenvalue weighted by Gasteiger charge is -2.42. The number of thioether (sulfide) groups is 1. The van der Waals surface area contributed by atoms with E-state index >= 15 is 0 Å². The first-order valence-corrected chi connectivity index (χ1v) is 11.5. The topological polar surface area (TPSA) is 65.3 Å². The van der Waals surface area contributed by atoms with Gasteiger partial charge < -0.3 is 10.0 Å². The normalized spacial score (nSPS) is 19.3. The van der Waals surface area contributed by atoms with Crippen molar-refractivity contribution < 1.29 is 9.90 Å². The third kappa shape index (κ3) is 4.25. The Morgan fingerprint density at radius 3 is 2.43 bits per heavy atom. The Bertz CT molecular complexity index is 981. The SMILES string of the molecule is Cc1ccc(N2C(SCC(=O)O)=NC(=Nc3ccc(Cl)cc3)C23CCCCC3)cc1.